The van der Waals surface area contributed by atoms with Gasteiger partial charge < -0.3 is 20.2 Å². The number of halogens is 1. The topological polar surface area (TPSA) is 124 Å². The van der Waals surface area contributed by atoms with Gasteiger partial charge >= 0.3 is 0 Å². The lowest BCUT2D eigenvalue weighted by atomic mass is 9.88. The van der Waals surface area contributed by atoms with Gasteiger partial charge in [0.1, 0.15) is 22.0 Å². The van der Waals surface area contributed by atoms with Crippen LogP contribution in [0.15, 0.2) is 30.7 Å². The molecule has 10 nitrogen and oxygen atoms in total. The molecule has 5 rings (SSSR count). The Kier molecular flexibility index (Phi) is 7.13. The summed E-state index contributed by atoms with van der Waals surface area (Å²) in [6.45, 7) is 8.86. The van der Waals surface area contributed by atoms with Crippen molar-refractivity contribution in [1.82, 2.24) is 19.9 Å². The Balaban J connectivity index is 1.41. The molecule has 2 fully saturated rings. The lowest BCUT2D eigenvalue weighted by molar-refractivity contribution is -0.00860. The molecular formula is C27H36FN7O3S. The molecule has 4 heterocycles. The van der Waals surface area contributed by atoms with Gasteiger partial charge in [-0.15, -0.1) is 0 Å². The summed E-state index contributed by atoms with van der Waals surface area (Å²) in [5.74, 6) is 1.76. The van der Waals surface area contributed by atoms with Gasteiger partial charge in [0.05, 0.1) is 18.4 Å². The molecule has 3 aromatic rings. The van der Waals surface area contributed by atoms with E-state index in [1.165, 1.54) is 25.1 Å². The molecule has 0 spiro atoms. The third-order valence-electron chi connectivity index (χ3n) is 7.91. The van der Waals surface area contributed by atoms with E-state index < -0.39 is 21.6 Å². The molecule has 0 unspecified atom stereocenters. The average Bonchev–Trinajstić information content (AvgIpc) is 2.86. The molecule has 39 heavy (non-hydrogen) atoms. The Bertz CT molecular complexity index is 1480. The van der Waals surface area contributed by atoms with E-state index >= 15 is 0 Å². The van der Waals surface area contributed by atoms with E-state index in [0.29, 0.717) is 37.2 Å². The minimum absolute atomic E-state index is 0.00760. The Morgan fingerprint density at radius 3 is 2.67 bits per heavy atom. The number of fused-ring (bicyclic) bond motifs is 1. The average molecular weight is 558 g/mol. The normalized spacial score (nSPS) is 25.7. The molecule has 0 amide bonds. The summed E-state index contributed by atoms with van der Waals surface area (Å²) in [4.78, 5) is 21.5. The van der Waals surface area contributed by atoms with E-state index in [9.17, 15) is 17.9 Å². The number of hydrogen-bond donors (Lipinski definition) is 2. The smallest absolute Gasteiger partial charge is 0.233 e. The fraction of sp³-hybridized carbons (Fsp3) is 0.556. The molecule has 2 N–H and O–H groups in total. The van der Waals surface area contributed by atoms with Crippen molar-refractivity contribution in [2.24, 2.45) is 5.92 Å². The van der Waals surface area contributed by atoms with E-state index in [0.717, 1.165) is 16.5 Å². The summed E-state index contributed by atoms with van der Waals surface area (Å²) in [6, 6.07) is 6.32. The van der Waals surface area contributed by atoms with Gasteiger partial charge in [0.25, 0.3) is 0 Å². The lowest BCUT2D eigenvalue weighted by Crippen LogP contribution is -2.57. The SMILES string of the molecule is CC(C)c1ccc(N2C[C@H](CS(C)(=O)=O)[C@H]2C)c2cnc(Nc3ncnc(N4CC[C@@H](O)[C@@](C)(F)C4)n3)cc12. The number of nitrogens with zero attached hydrogens (tertiary/aromatic N) is 6. The van der Waals surface area contributed by atoms with Crippen LogP contribution in [0.3, 0.4) is 0 Å². The molecule has 0 radical (unpaired) electrons. The Labute approximate surface area is 228 Å². The van der Waals surface area contributed by atoms with Crippen molar-refractivity contribution in [3.8, 4) is 0 Å². The summed E-state index contributed by atoms with van der Waals surface area (Å²) in [5, 5.41) is 15.2. The van der Waals surface area contributed by atoms with E-state index in [2.05, 4.69) is 63.1 Å². The van der Waals surface area contributed by atoms with E-state index in [-0.39, 0.29) is 30.2 Å². The van der Waals surface area contributed by atoms with Crippen molar-refractivity contribution in [1.29, 1.82) is 0 Å². The maximum absolute atomic E-state index is 14.7. The number of hydrogen-bond acceptors (Lipinski definition) is 10. The van der Waals surface area contributed by atoms with Crippen LogP contribution in [0.5, 0.6) is 0 Å². The van der Waals surface area contributed by atoms with Gasteiger partial charge in [0, 0.05) is 48.6 Å². The molecule has 2 aliphatic rings. The first-order valence-electron chi connectivity index (χ1n) is 13.3. The van der Waals surface area contributed by atoms with Gasteiger partial charge in [0.15, 0.2) is 5.67 Å². The molecule has 4 atom stereocenters. The summed E-state index contributed by atoms with van der Waals surface area (Å²) >= 11 is 0. The number of sulfone groups is 1. The number of benzene rings is 1. The number of nitrogens with one attached hydrogen (secondary N) is 1. The summed E-state index contributed by atoms with van der Waals surface area (Å²) < 4.78 is 38.4. The molecule has 2 saturated heterocycles. The summed E-state index contributed by atoms with van der Waals surface area (Å²) in [7, 11) is -3.03. The van der Waals surface area contributed by atoms with Gasteiger partial charge in [-0.25, -0.2) is 27.8 Å². The van der Waals surface area contributed by atoms with Crippen molar-refractivity contribution in [2.75, 3.05) is 46.8 Å². The fourth-order valence-electron chi connectivity index (χ4n) is 5.58. The molecule has 2 aliphatic heterocycles. The maximum atomic E-state index is 14.7. The van der Waals surface area contributed by atoms with Gasteiger partial charge in [-0.2, -0.15) is 4.98 Å². The first-order chi connectivity index (χ1) is 18.3. The van der Waals surface area contributed by atoms with Crippen molar-refractivity contribution < 1.29 is 17.9 Å². The number of rotatable bonds is 7. The van der Waals surface area contributed by atoms with Crippen molar-refractivity contribution in [3.05, 3.63) is 36.3 Å². The van der Waals surface area contributed by atoms with Crippen molar-refractivity contribution >= 4 is 44.0 Å². The minimum Gasteiger partial charge on any atom is -0.390 e. The number of aromatic nitrogens is 4. The number of aliphatic hydroxyl groups excluding tert-OH is 1. The first kappa shape index (κ1) is 27.4. The highest BCUT2D eigenvalue weighted by Gasteiger charge is 2.40. The monoisotopic (exact) mass is 557 g/mol. The second-order valence-electron chi connectivity index (χ2n) is 11.4. The lowest BCUT2D eigenvalue weighted by Gasteiger charge is -2.48. The van der Waals surface area contributed by atoms with Gasteiger partial charge in [0.2, 0.25) is 11.9 Å². The highest BCUT2D eigenvalue weighted by atomic mass is 32.2. The number of pyridine rings is 1. The highest BCUT2D eigenvalue weighted by molar-refractivity contribution is 7.90. The van der Waals surface area contributed by atoms with Crippen LogP contribution in [0.4, 0.5) is 27.8 Å². The number of anilines is 4. The Hall–Kier alpha value is -3.12. The Morgan fingerprint density at radius 1 is 1.23 bits per heavy atom. The zero-order valence-electron chi connectivity index (χ0n) is 23.0. The van der Waals surface area contributed by atoms with Crippen LogP contribution in [0.1, 0.15) is 45.6 Å². The van der Waals surface area contributed by atoms with Gasteiger partial charge in [-0.3, -0.25) is 0 Å². The molecular weight excluding hydrogens is 521 g/mol. The number of alkyl halides is 1. The van der Waals surface area contributed by atoms with Crippen molar-refractivity contribution in [3.63, 3.8) is 0 Å². The third-order valence-corrected chi connectivity index (χ3v) is 8.95. The predicted octanol–water partition coefficient (Wildman–Crippen LogP) is 3.46. The van der Waals surface area contributed by atoms with Gasteiger partial charge in [-0.1, -0.05) is 19.9 Å². The standard InChI is InChI=1S/C27H36FN7O3S/c1-16(2)19-6-7-22(35-12-18(17(35)3)13-39(5,37)38)21-11-29-24(10-20(19)21)32-25-30-15-31-26(33-25)34-9-8-23(36)27(4,28)14-34/h6-7,10-11,15-18,23,36H,8-9,12-14H2,1-5H3,(H,29,30,31,32,33)/t17-,18-,23-,27+/m1/s1. The third kappa shape index (κ3) is 5.62. The van der Waals surface area contributed by atoms with E-state index in [1.807, 2.05) is 12.3 Å². The van der Waals surface area contributed by atoms with Crippen LogP contribution in [-0.4, -0.2) is 82.9 Å². The van der Waals surface area contributed by atoms with E-state index in [1.54, 1.807) is 4.90 Å². The first-order valence-corrected chi connectivity index (χ1v) is 15.3. The number of aliphatic hydroxyl groups is 1. The van der Waals surface area contributed by atoms with Crippen LogP contribution in [0.25, 0.3) is 10.8 Å². The van der Waals surface area contributed by atoms with Crippen LogP contribution in [-0.2, 0) is 9.84 Å². The zero-order chi connectivity index (χ0) is 28.1. The second kappa shape index (κ2) is 10.1. The molecule has 2 aromatic heterocycles. The van der Waals surface area contributed by atoms with Crippen molar-refractivity contribution in [2.45, 2.75) is 57.8 Å². The molecule has 210 valence electrons. The van der Waals surface area contributed by atoms with E-state index in [4.69, 9.17) is 0 Å². The second-order valence-corrected chi connectivity index (χ2v) is 13.6. The number of piperidine rings is 1. The minimum atomic E-state index is -3.03. The summed E-state index contributed by atoms with van der Waals surface area (Å²) in [5.41, 5.74) is 0.461. The predicted molar refractivity (Wildman–Crippen MR) is 151 cm³/mol. The highest BCUT2D eigenvalue weighted by Crippen LogP contribution is 2.39. The molecule has 0 bridgehead atoms. The van der Waals surface area contributed by atoms with Crippen LogP contribution >= 0.6 is 0 Å². The quantitative estimate of drug-likeness (QED) is 0.446. The van der Waals surface area contributed by atoms with Crippen LogP contribution in [0, 0.1) is 5.92 Å². The maximum Gasteiger partial charge on any atom is 0.233 e. The summed E-state index contributed by atoms with van der Waals surface area (Å²) in [6.07, 6.45) is 3.77. The van der Waals surface area contributed by atoms with Gasteiger partial charge in [-0.05, 0) is 49.3 Å². The van der Waals surface area contributed by atoms with Crippen LogP contribution < -0.4 is 15.1 Å². The molecule has 0 saturated carbocycles. The Morgan fingerprint density at radius 2 is 2.00 bits per heavy atom. The molecule has 0 aliphatic carbocycles. The largest absolute Gasteiger partial charge is 0.390 e. The molecule has 1 aromatic carbocycles. The molecule has 12 heteroatoms. The zero-order valence-corrected chi connectivity index (χ0v) is 23.8. The van der Waals surface area contributed by atoms with Crippen LogP contribution in [0.2, 0.25) is 0 Å². The fourth-order valence-corrected chi connectivity index (χ4v) is 6.74.